The summed E-state index contributed by atoms with van der Waals surface area (Å²) < 4.78 is 5.30. The average Bonchev–Trinajstić information content (AvgIpc) is 2.92. The Kier molecular flexibility index (Phi) is 7.77. The molecule has 172 valence electrons. The van der Waals surface area contributed by atoms with Crippen molar-refractivity contribution in [2.24, 2.45) is 5.92 Å². The molecule has 0 amide bonds. The molecule has 0 aliphatic rings. The van der Waals surface area contributed by atoms with Gasteiger partial charge in [0, 0.05) is 21.7 Å². The lowest BCUT2D eigenvalue weighted by atomic mass is 9.77. The van der Waals surface area contributed by atoms with E-state index in [9.17, 15) is 9.59 Å². The van der Waals surface area contributed by atoms with Gasteiger partial charge in [-0.2, -0.15) is 0 Å². The topological polar surface area (TPSA) is 43.4 Å². The van der Waals surface area contributed by atoms with Gasteiger partial charge in [-0.3, -0.25) is 9.59 Å². The van der Waals surface area contributed by atoms with Gasteiger partial charge >= 0.3 is 0 Å². The Morgan fingerprint density at radius 1 is 0.714 bits per heavy atom. The van der Waals surface area contributed by atoms with Crippen molar-refractivity contribution < 1.29 is 14.3 Å². The Morgan fingerprint density at radius 2 is 1.26 bits per heavy atom. The van der Waals surface area contributed by atoms with Crippen LogP contribution in [0.2, 0.25) is 5.02 Å². The SMILES string of the molecule is COc1ccc(C(C#Cc2ccccc2)C(C(=O)c2ccccc2)C(=O)c2ccc(Cl)cc2)cc1. The lowest BCUT2D eigenvalue weighted by Crippen LogP contribution is -2.30. The van der Waals surface area contributed by atoms with Crippen LogP contribution in [0.4, 0.5) is 0 Å². The smallest absolute Gasteiger partial charge is 0.175 e. The molecule has 4 rings (SSSR count). The summed E-state index contributed by atoms with van der Waals surface area (Å²) in [5, 5.41) is 0.517. The summed E-state index contributed by atoms with van der Waals surface area (Å²) in [5.74, 6) is 4.76. The summed E-state index contributed by atoms with van der Waals surface area (Å²) in [6, 6.07) is 32.3. The minimum Gasteiger partial charge on any atom is -0.497 e. The van der Waals surface area contributed by atoms with Gasteiger partial charge in [-0.05, 0) is 54.1 Å². The second-order valence-electron chi connectivity index (χ2n) is 7.97. The third-order valence-electron chi connectivity index (χ3n) is 5.71. The van der Waals surface area contributed by atoms with Gasteiger partial charge in [0.05, 0.1) is 13.0 Å². The molecular weight excluding hydrogens is 456 g/mol. The minimum absolute atomic E-state index is 0.284. The van der Waals surface area contributed by atoms with Crippen molar-refractivity contribution in [1.82, 2.24) is 0 Å². The van der Waals surface area contributed by atoms with Crippen LogP contribution in [0.3, 0.4) is 0 Å². The molecule has 4 heteroatoms. The lowest BCUT2D eigenvalue weighted by Gasteiger charge is -2.22. The van der Waals surface area contributed by atoms with Crippen molar-refractivity contribution in [2.75, 3.05) is 7.11 Å². The molecule has 0 aromatic heterocycles. The van der Waals surface area contributed by atoms with E-state index in [-0.39, 0.29) is 11.6 Å². The van der Waals surface area contributed by atoms with Crippen LogP contribution in [0, 0.1) is 17.8 Å². The second kappa shape index (κ2) is 11.3. The van der Waals surface area contributed by atoms with E-state index in [1.165, 1.54) is 0 Å². The monoisotopic (exact) mass is 478 g/mol. The summed E-state index contributed by atoms with van der Waals surface area (Å²) in [6.07, 6.45) is 0. The molecule has 0 heterocycles. The summed E-state index contributed by atoms with van der Waals surface area (Å²) in [4.78, 5) is 27.7. The number of methoxy groups -OCH3 is 1. The Balaban J connectivity index is 1.86. The van der Waals surface area contributed by atoms with Gasteiger partial charge < -0.3 is 4.74 Å². The number of benzene rings is 4. The molecule has 0 bridgehead atoms. The summed E-state index contributed by atoms with van der Waals surface area (Å²) in [5.41, 5.74) is 2.42. The van der Waals surface area contributed by atoms with Gasteiger partial charge in [0.25, 0.3) is 0 Å². The molecule has 0 fully saturated rings. The zero-order valence-corrected chi connectivity index (χ0v) is 19.9. The number of rotatable bonds is 7. The minimum atomic E-state index is -1.05. The summed E-state index contributed by atoms with van der Waals surface area (Å²) in [7, 11) is 1.59. The van der Waals surface area contributed by atoms with Crippen molar-refractivity contribution in [1.29, 1.82) is 0 Å². The maximum atomic E-state index is 13.9. The van der Waals surface area contributed by atoms with E-state index in [0.717, 1.165) is 11.1 Å². The highest BCUT2D eigenvalue weighted by Crippen LogP contribution is 2.32. The molecule has 0 spiro atoms. The zero-order valence-electron chi connectivity index (χ0n) is 19.1. The third-order valence-corrected chi connectivity index (χ3v) is 5.96. The van der Waals surface area contributed by atoms with Gasteiger partial charge in [0.15, 0.2) is 11.6 Å². The summed E-state index contributed by atoms with van der Waals surface area (Å²) >= 11 is 6.05. The molecule has 4 aromatic carbocycles. The Morgan fingerprint density at radius 3 is 1.83 bits per heavy atom. The largest absolute Gasteiger partial charge is 0.497 e. The second-order valence-corrected chi connectivity index (χ2v) is 8.40. The highest BCUT2D eigenvalue weighted by Gasteiger charge is 2.36. The molecule has 0 aliphatic heterocycles. The van der Waals surface area contributed by atoms with E-state index in [2.05, 4.69) is 11.8 Å². The quantitative estimate of drug-likeness (QED) is 0.165. The third kappa shape index (κ3) is 5.87. The number of Topliss-reactive ketones (excluding diaryl/α,β-unsaturated/α-hetero) is 2. The van der Waals surface area contributed by atoms with Gasteiger partial charge in [-0.1, -0.05) is 84.1 Å². The van der Waals surface area contributed by atoms with Crippen LogP contribution in [0.1, 0.15) is 37.8 Å². The van der Waals surface area contributed by atoms with E-state index in [1.807, 2.05) is 60.7 Å². The fourth-order valence-corrected chi connectivity index (χ4v) is 3.98. The first kappa shape index (κ1) is 24.0. The van der Waals surface area contributed by atoms with Gasteiger partial charge in [0.1, 0.15) is 11.7 Å². The predicted molar refractivity (Wildman–Crippen MR) is 139 cm³/mol. The molecule has 2 unspecified atom stereocenters. The first-order valence-electron chi connectivity index (χ1n) is 11.2. The standard InChI is InChI=1S/C31H23ClO3/c1-35-27-19-15-23(16-20-27)28(21-12-22-8-4-2-5-9-22)29(30(33)24-10-6-3-7-11-24)31(34)25-13-17-26(32)18-14-25/h2-11,13-20,28-29H,1H3. The van der Waals surface area contributed by atoms with Crippen LogP contribution in [-0.4, -0.2) is 18.7 Å². The number of hydrogen-bond donors (Lipinski definition) is 0. The van der Waals surface area contributed by atoms with Crippen molar-refractivity contribution >= 4 is 23.2 Å². The average molecular weight is 479 g/mol. The molecular formula is C31H23ClO3. The zero-order chi connectivity index (χ0) is 24.6. The van der Waals surface area contributed by atoms with Crippen LogP contribution >= 0.6 is 11.6 Å². The van der Waals surface area contributed by atoms with E-state index in [1.54, 1.807) is 55.6 Å². The molecule has 0 saturated heterocycles. The number of hydrogen-bond acceptors (Lipinski definition) is 3. The Labute approximate surface area is 210 Å². The maximum absolute atomic E-state index is 13.9. The van der Waals surface area contributed by atoms with Crippen LogP contribution in [-0.2, 0) is 0 Å². The molecule has 35 heavy (non-hydrogen) atoms. The van der Waals surface area contributed by atoms with E-state index in [4.69, 9.17) is 16.3 Å². The van der Waals surface area contributed by atoms with Crippen LogP contribution in [0.5, 0.6) is 5.75 Å². The highest BCUT2D eigenvalue weighted by atomic mass is 35.5. The Bertz CT molecular complexity index is 1350. The number of halogens is 1. The lowest BCUT2D eigenvalue weighted by molar-refractivity contribution is 0.0797. The van der Waals surface area contributed by atoms with Crippen molar-refractivity contribution in [3.05, 3.63) is 136 Å². The number of ketones is 2. The Hall–Kier alpha value is -4.13. The van der Waals surface area contributed by atoms with E-state index in [0.29, 0.717) is 21.9 Å². The highest BCUT2D eigenvalue weighted by molar-refractivity contribution is 6.30. The number of carbonyl (C=O) groups excluding carboxylic acids is 2. The number of carbonyl (C=O) groups is 2. The van der Waals surface area contributed by atoms with Gasteiger partial charge in [-0.25, -0.2) is 0 Å². The van der Waals surface area contributed by atoms with Crippen molar-refractivity contribution in [2.45, 2.75) is 5.92 Å². The van der Waals surface area contributed by atoms with Crippen LogP contribution < -0.4 is 4.74 Å². The predicted octanol–water partition coefficient (Wildman–Crippen LogP) is 6.87. The van der Waals surface area contributed by atoms with E-state index >= 15 is 0 Å². The van der Waals surface area contributed by atoms with Crippen molar-refractivity contribution in [3.8, 4) is 17.6 Å². The van der Waals surface area contributed by atoms with Gasteiger partial charge in [-0.15, -0.1) is 0 Å². The molecule has 4 aromatic rings. The van der Waals surface area contributed by atoms with Crippen LogP contribution in [0.25, 0.3) is 0 Å². The molecule has 0 N–H and O–H groups in total. The fraction of sp³-hybridized carbons (Fsp3) is 0.0968. The molecule has 2 atom stereocenters. The normalized spacial score (nSPS) is 12.1. The first-order valence-corrected chi connectivity index (χ1v) is 11.5. The van der Waals surface area contributed by atoms with Crippen molar-refractivity contribution in [3.63, 3.8) is 0 Å². The van der Waals surface area contributed by atoms with Gasteiger partial charge in [0.2, 0.25) is 0 Å². The van der Waals surface area contributed by atoms with E-state index < -0.39 is 11.8 Å². The number of ether oxygens (including phenoxy) is 1. The fourth-order valence-electron chi connectivity index (χ4n) is 3.85. The molecule has 0 aliphatic carbocycles. The molecule has 0 radical (unpaired) electrons. The van der Waals surface area contributed by atoms with Crippen LogP contribution in [0.15, 0.2) is 109 Å². The summed E-state index contributed by atoms with van der Waals surface area (Å²) in [6.45, 7) is 0. The molecule has 0 saturated carbocycles. The maximum Gasteiger partial charge on any atom is 0.175 e. The molecule has 3 nitrogen and oxygen atoms in total. The first-order chi connectivity index (χ1) is 17.1.